The number of aryl methyl sites for hydroxylation is 3. The smallest absolute Gasteiger partial charge is 0.285 e. The minimum Gasteiger partial charge on any atom is -0.285 e. The number of alkyl halides is 3. The van der Waals surface area contributed by atoms with Gasteiger partial charge >= 0.3 is 6.18 Å². The molecular weight excluding hydrogens is 229 g/mol. The summed E-state index contributed by atoms with van der Waals surface area (Å²) in [5.74, 6) is -1.84. The first-order chi connectivity index (χ1) is 7.71. The second-order valence-electron chi connectivity index (χ2n) is 4.01. The average Bonchev–Trinajstić information content (AvgIpc) is 2.13. The van der Waals surface area contributed by atoms with Crippen molar-refractivity contribution in [3.63, 3.8) is 0 Å². The summed E-state index contributed by atoms with van der Waals surface area (Å²) in [4.78, 5) is 10.7. The van der Waals surface area contributed by atoms with Crippen LogP contribution in [0.5, 0.6) is 0 Å². The van der Waals surface area contributed by atoms with Gasteiger partial charge in [-0.15, -0.1) is 0 Å². The first kappa shape index (κ1) is 13.5. The van der Waals surface area contributed by atoms with E-state index in [4.69, 9.17) is 0 Å². The molecule has 0 bridgehead atoms. The van der Waals surface area contributed by atoms with Gasteiger partial charge < -0.3 is 0 Å². The third-order valence-corrected chi connectivity index (χ3v) is 2.42. The van der Waals surface area contributed by atoms with Crippen LogP contribution in [0.3, 0.4) is 0 Å². The van der Waals surface area contributed by atoms with Gasteiger partial charge in [-0.05, 0) is 43.5 Å². The number of hydrogen-bond acceptors (Lipinski definition) is 1. The molecule has 0 aromatic heterocycles. The molecule has 0 aliphatic heterocycles. The molecule has 92 valence electrons. The fourth-order valence-electron chi connectivity index (χ4n) is 1.71. The predicted molar refractivity (Wildman–Crippen MR) is 60.7 cm³/mol. The molecule has 0 saturated carbocycles. The zero-order valence-electron chi connectivity index (χ0n) is 9.85. The van der Waals surface area contributed by atoms with Crippen LogP contribution in [0.15, 0.2) is 18.2 Å². The normalized spacial score (nSPS) is 12.1. The second-order valence-corrected chi connectivity index (χ2v) is 4.01. The Morgan fingerprint density at radius 2 is 1.59 bits per heavy atom. The Morgan fingerprint density at radius 1 is 1.12 bits per heavy atom. The van der Waals surface area contributed by atoms with E-state index < -0.39 is 12.0 Å². The van der Waals surface area contributed by atoms with Crippen LogP contribution in [-0.4, -0.2) is 12.0 Å². The third-order valence-electron chi connectivity index (χ3n) is 2.42. The van der Waals surface area contributed by atoms with E-state index in [1.165, 1.54) is 6.08 Å². The molecular formula is C13H13F3O. The number of carbonyl (C=O) groups is 1. The van der Waals surface area contributed by atoms with E-state index >= 15 is 0 Å². The first-order valence-corrected chi connectivity index (χ1v) is 5.09. The van der Waals surface area contributed by atoms with Gasteiger partial charge in [0.05, 0.1) is 0 Å². The van der Waals surface area contributed by atoms with E-state index in [9.17, 15) is 18.0 Å². The van der Waals surface area contributed by atoms with Gasteiger partial charge in [-0.25, -0.2) is 0 Å². The van der Waals surface area contributed by atoms with Gasteiger partial charge in [-0.3, -0.25) is 4.79 Å². The lowest BCUT2D eigenvalue weighted by Gasteiger charge is -2.07. The highest BCUT2D eigenvalue weighted by Gasteiger charge is 2.35. The van der Waals surface area contributed by atoms with Gasteiger partial charge in [0.1, 0.15) is 0 Å². The highest BCUT2D eigenvalue weighted by molar-refractivity contribution is 5.97. The summed E-state index contributed by atoms with van der Waals surface area (Å²) in [5.41, 5.74) is 3.41. The van der Waals surface area contributed by atoms with Gasteiger partial charge in [0.15, 0.2) is 0 Å². The van der Waals surface area contributed by atoms with Crippen molar-refractivity contribution in [1.82, 2.24) is 0 Å². The van der Waals surface area contributed by atoms with Crippen LogP contribution in [0.4, 0.5) is 13.2 Å². The number of carbonyl (C=O) groups excluding carboxylic acids is 1. The number of benzene rings is 1. The fourth-order valence-corrected chi connectivity index (χ4v) is 1.71. The molecule has 0 amide bonds. The van der Waals surface area contributed by atoms with E-state index in [1.54, 1.807) is 13.8 Å². The Morgan fingerprint density at radius 3 is 2.00 bits per heavy atom. The quantitative estimate of drug-likeness (QED) is 0.722. The van der Waals surface area contributed by atoms with E-state index in [2.05, 4.69) is 0 Å². The van der Waals surface area contributed by atoms with Gasteiger partial charge in [0.2, 0.25) is 0 Å². The van der Waals surface area contributed by atoms with Crippen molar-refractivity contribution >= 4 is 11.9 Å². The molecule has 0 atom stereocenters. The molecule has 1 nitrogen and oxygen atoms in total. The van der Waals surface area contributed by atoms with Crippen molar-refractivity contribution in [2.75, 3.05) is 0 Å². The van der Waals surface area contributed by atoms with Crippen molar-refractivity contribution < 1.29 is 18.0 Å². The van der Waals surface area contributed by atoms with Crippen molar-refractivity contribution in [1.29, 1.82) is 0 Å². The van der Waals surface area contributed by atoms with Crippen LogP contribution in [0, 0.1) is 20.8 Å². The largest absolute Gasteiger partial charge is 0.454 e. The van der Waals surface area contributed by atoms with Crippen LogP contribution >= 0.6 is 0 Å². The van der Waals surface area contributed by atoms with Gasteiger partial charge in [0.25, 0.3) is 5.78 Å². The molecule has 0 N–H and O–H groups in total. The van der Waals surface area contributed by atoms with Crippen LogP contribution < -0.4 is 0 Å². The zero-order valence-corrected chi connectivity index (χ0v) is 9.85. The lowest BCUT2D eigenvalue weighted by molar-refractivity contribution is -0.165. The molecule has 1 aromatic rings. The van der Waals surface area contributed by atoms with Crippen molar-refractivity contribution in [2.45, 2.75) is 26.9 Å². The Labute approximate surface area is 98.0 Å². The molecule has 17 heavy (non-hydrogen) atoms. The molecule has 1 rings (SSSR count). The van der Waals surface area contributed by atoms with Gasteiger partial charge in [-0.1, -0.05) is 23.8 Å². The van der Waals surface area contributed by atoms with E-state index in [1.807, 2.05) is 19.1 Å². The van der Waals surface area contributed by atoms with E-state index in [0.717, 1.165) is 16.7 Å². The number of rotatable bonds is 2. The molecule has 0 heterocycles. The van der Waals surface area contributed by atoms with Crippen LogP contribution in [0.1, 0.15) is 22.3 Å². The molecule has 0 fully saturated rings. The van der Waals surface area contributed by atoms with Crippen molar-refractivity contribution in [3.8, 4) is 0 Å². The number of halogens is 3. The summed E-state index contributed by atoms with van der Waals surface area (Å²) >= 11 is 0. The van der Waals surface area contributed by atoms with Crippen LogP contribution in [-0.2, 0) is 4.79 Å². The maximum atomic E-state index is 12.0. The minimum absolute atomic E-state index is 0.574. The topological polar surface area (TPSA) is 17.1 Å². The summed E-state index contributed by atoms with van der Waals surface area (Å²) < 4.78 is 36.0. The second kappa shape index (κ2) is 4.73. The fraction of sp³-hybridized carbons (Fsp3) is 0.308. The molecule has 0 spiro atoms. The predicted octanol–water partition coefficient (Wildman–Crippen LogP) is 3.76. The average molecular weight is 242 g/mol. The lowest BCUT2D eigenvalue weighted by atomic mass is 9.99. The number of ketones is 1. The molecule has 0 unspecified atom stereocenters. The Hall–Kier alpha value is -1.58. The van der Waals surface area contributed by atoms with Crippen LogP contribution in [0.2, 0.25) is 0 Å². The molecule has 0 saturated heterocycles. The number of hydrogen-bond donors (Lipinski definition) is 0. The Bertz CT molecular complexity index is 447. The molecule has 4 heteroatoms. The third kappa shape index (κ3) is 3.44. The lowest BCUT2D eigenvalue weighted by Crippen LogP contribution is -2.19. The number of allylic oxidation sites excluding steroid dienone is 1. The van der Waals surface area contributed by atoms with E-state index in [-0.39, 0.29) is 0 Å². The van der Waals surface area contributed by atoms with Crippen molar-refractivity contribution in [3.05, 3.63) is 40.5 Å². The first-order valence-electron chi connectivity index (χ1n) is 5.09. The Balaban J connectivity index is 3.05. The minimum atomic E-state index is -4.80. The summed E-state index contributed by atoms with van der Waals surface area (Å²) in [6.07, 6.45) is -3.01. The van der Waals surface area contributed by atoms with E-state index in [0.29, 0.717) is 11.6 Å². The van der Waals surface area contributed by atoms with Gasteiger partial charge in [-0.2, -0.15) is 13.2 Å². The summed E-state index contributed by atoms with van der Waals surface area (Å²) in [6.45, 7) is 5.52. The summed E-state index contributed by atoms with van der Waals surface area (Å²) in [7, 11) is 0. The summed E-state index contributed by atoms with van der Waals surface area (Å²) in [6, 6.07) is 3.73. The van der Waals surface area contributed by atoms with Crippen LogP contribution in [0.25, 0.3) is 6.08 Å². The molecule has 0 aliphatic rings. The van der Waals surface area contributed by atoms with Crippen molar-refractivity contribution in [2.24, 2.45) is 0 Å². The maximum Gasteiger partial charge on any atom is 0.454 e. The molecule has 1 aromatic carbocycles. The standard InChI is InChI=1S/C13H13F3O/c1-8-6-9(2)11(10(3)7-8)4-5-12(17)13(14,15)16/h4-7H,1-3H3/b5-4+. The zero-order chi connectivity index (χ0) is 13.2. The molecule has 0 radical (unpaired) electrons. The highest BCUT2D eigenvalue weighted by atomic mass is 19.4. The summed E-state index contributed by atoms with van der Waals surface area (Å²) in [5, 5.41) is 0. The maximum absolute atomic E-state index is 12.0. The highest BCUT2D eigenvalue weighted by Crippen LogP contribution is 2.20. The SMILES string of the molecule is Cc1cc(C)c(/C=C/C(=O)C(F)(F)F)c(C)c1. The monoisotopic (exact) mass is 242 g/mol. The Kier molecular flexibility index (Phi) is 3.76. The van der Waals surface area contributed by atoms with Gasteiger partial charge in [0, 0.05) is 0 Å². The molecule has 0 aliphatic carbocycles.